The molecule has 1 saturated heterocycles. The number of hydrazine groups is 1. The van der Waals surface area contributed by atoms with Gasteiger partial charge < -0.3 is 15.5 Å². The van der Waals surface area contributed by atoms with Gasteiger partial charge in [0.1, 0.15) is 5.69 Å². The first-order valence-corrected chi connectivity index (χ1v) is 5.98. The lowest BCUT2D eigenvalue weighted by Gasteiger charge is -2.22. The lowest BCUT2D eigenvalue weighted by Crippen LogP contribution is -2.35. The number of hydrogen-bond acceptors (Lipinski definition) is 6. The molecule has 2 heterocycles. The second kappa shape index (κ2) is 6.27. The molecule has 0 aromatic carbocycles. The molecule has 0 aliphatic carbocycles. The molecular weight excluding hydrogens is 234 g/mol. The molecule has 18 heavy (non-hydrogen) atoms. The van der Waals surface area contributed by atoms with Crippen LogP contribution in [-0.2, 0) is 4.74 Å². The molecule has 98 valence electrons. The summed E-state index contributed by atoms with van der Waals surface area (Å²) in [6, 6.07) is 0. The van der Waals surface area contributed by atoms with Crippen LogP contribution in [0.4, 0.5) is 5.82 Å². The average Bonchev–Trinajstić information content (AvgIpc) is 2.46. The van der Waals surface area contributed by atoms with Gasteiger partial charge in [-0.1, -0.05) is 0 Å². The van der Waals surface area contributed by atoms with Gasteiger partial charge in [-0.15, -0.1) is 0 Å². The van der Waals surface area contributed by atoms with E-state index in [0.29, 0.717) is 12.4 Å². The van der Waals surface area contributed by atoms with E-state index in [2.05, 4.69) is 20.7 Å². The molecule has 4 N–H and O–H groups in total. The predicted octanol–water partition coefficient (Wildman–Crippen LogP) is 0.0611. The number of anilines is 1. The zero-order valence-electron chi connectivity index (χ0n) is 10.1. The second-order valence-electron chi connectivity index (χ2n) is 4.13. The van der Waals surface area contributed by atoms with Crippen molar-refractivity contribution in [3.63, 3.8) is 0 Å². The van der Waals surface area contributed by atoms with Crippen LogP contribution in [-0.4, -0.2) is 35.1 Å². The van der Waals surface area contributed by atoms with Gasteiger partial charge in [0, 0.05) is 13.2 Å². The number of rotatable bonds is 4. The quantitative estimate of drug-likeness (QED) is 0.516. The number of ether oxygens (including phenoxy) is 1. The number of hydrogen-bond donors (Lipinski definition) is 3. The number of carbonyl (C=O) groups excluding carboxylic acids is 1. The standard InChI is InChI=1S/C11H17N5O2/c12-16-10-7-13-9(6-14-10)11(17)15-5-8-3-1-2-4-18-8/h6-8H,1-5,12H2,(H,14,16)(H,15,17). The molecule has 1 fully saturated rings. The molecule has 7 heteroatoms. The highest BCUT2D eigenvalue weighted by molar-refractivity contribution is 5.92. The molecule has 7 nitrogen and oxygen atoms in total. The van der Waals surface area contributed by atoms with Crippen molar-refractivity contribution in [2.24, 2.45) is 5.84 Å². The fourth-order valence-electron chi connectivity index (χ4n) is 1.79. The molecule has 1 aromatic rings. The van der Waals surface area contributed by atoms with Crippen LogP contribution in [0.2, 0.25) is 0 Å². The molecule has 1 aliphatic heterocycles. The number of amides is 1. The van der Waals surface area contributed by atoms with Crippen LogP contribution in [0.3, 0.4) is 0 Å². The topological polar surface area (TPSA) is 102 Å². The van der Waals surface area contributed by atoms with Gasteiger partial charge in [0.15, 0.2) is 5.82 Å². The Kier molecular flexibility index (Phi) is 4.43. The minimum Gasteiger partial charge on any atom is -0.376 e. The summed E-state index contributed by atoms with van der Waals surface area (Å²) in [4.78, 5) is 19.6. The number of nitrogens with zero attached hydrogens (tertiary/aromatic N) is 2. The molecular formula is C11H17N5O2. The van der Waals surface area contributed by atoms with Gasteiger partial charge in [-0.2, -0.15) is 0 Å². The van der Waals surface area contributed by atoms with Crippen LogP contribution in [0.25, 0.3) is 0 Å². The van der Waals surface area contributed by atoms with Crippen LogP contribution in [0.15, 0.2) is 12.4 Å². The third-order valence-corrected chi connectivity index (χ3v) is 2.80. The first kappa shape index (κ1) is 12.7. The van der Waals surface area contributed by atoms with E-state index >= 15 is 0 Å². The average molecular weight is 251 g/mol. The molecule has 1 atom stereocenters. The largest absolute Gasteiger partial charge is 0.376 e. The van der Waals surface area contributed by atoms with Crippen molar-refractivity contribution >= 4 is 11.7 Å². The lowest BCUT2D eigenvalue weighted by atomic mass is 10.1. The molecule has 0 spiro atoms. The number of aromatic nitrogens is 2. The normalized spacial score (nSPS) is 19.3. The molecule has 1 unspecified atom stereocenters. The minimum atomic E-state index is -0.250. The Hall–Kier alpha value is -1.73. The summed E-state index contributed by atoms with van der Waals surface area (Å²) in [7, 11) is 0. The highest BCUT2D eigenvalue weighted by atomic mass is 16.5. The monoisotopic (exact) mass is 251 g/mol. The number of nitrogen functional groups attached to an aromatic ring is 1. The van der Waals surface area contributed by atoms with E-state index in [1.54, 1.807) is 0 Å². The summed E-state index contributed by atoms with van der Waals surface area (Å²) in [6.45, 7) is 1.29. The molecule has 1 aromatic heterocycles. The molecule has 0 saturated carbocycles. The summed E-state index contributed by atoms with van der Waals surface area (Å²) in [5, 5.41) is 2.79. The van der Waals surface area contributed by atoms with E-state index in [1.807, 2.05) is 0 Å². The Bertz CT molecular complexity index is 389. The van der Waals surface area contributed by atoms with E-state index in [4.69, 9.17) is 10.6 Å². The molecule has 0 bridgehead atoms. The number of nitrogens with two attached hydrogens (primary N) is 1. The summed E-state index contributed by atoms with van der Waals surface area (Å²) < 4.78 is 5.52. The smallest absolute Gasteiger partial charge is 0.271 e. The van der Waals surface area contributed by atoms with Crippen molar-refractivity contribution in [1.82, 2.24) is 15.3 Å². The van der Waals surface area contributed by atoms with Gasteiger partial charge >= 0.3 is 0 Å². The summed E-state index contributed by atoms with van der Waals surface area (Å²) in [5.41, 5.74) is 2.62. The molecule has 0 radical (unpaired) electrons. The van der Waals surface area contributed by atoms with Crippen molar-refractivity contribution in [3.05, 3.63) is 18.1 Å². The maximum Gasteiger partial charge on any atom is 0.271 e. The van der Waals surface area contributed by atoms with Crippen LogP contribution < -0.4 is 16.6 Å². The van der Waals surface area contributed by atoms with Crippen LogP contribution in [0.5, 0.6) is 0 Å². The van der Waals surface area contributed by atoms with Crippen molar-refractivity contribution in [2.45, 2.75) is 25.4 Å². The zero-order valence-corrected chi connectivity index (χ0v) is 10.1. The fraction of sp³-hybridized carbons (Fsp3) is 0.545. The highest BCUT2D eigenvalue weighted by Gasteiger charge is 2.15. The van der Waals surface area contributed by atoms with Gasteiger partial charge in [-0.3, -0.25) is 4.79 Å². The van der Waals surface area contributed by atoms with Gasteiger partial charge in [0.2, 0.25) is 0 Å². The summed E-state index contributed by atoms with van der Waals surface area (Å²) in [5.74, 6) is 5.33. The van der Waals surface area contributed by atoms with Crippen LogP contribution >= 0.6 is 0 Å². The summed E-state index contributed by atoms with van der Waals surface area (Å²) >= 11 is 0. The third-order valence-electron chi connectivity index (χ3n) is 2.80. The maximum absolute atomic E-state index is 11.8. The van der Waals surface area contributed by atoms with Gasteiger partial charge in [0.25, 0.3) is 5.91 Å². The molecule has 1 aliphatic rings. The Morgan fingerprint density at radius 2 is 2.33 bits per heavy atom. The van der Waals surface area contributed by atoms with E-state index in [-0.39, 0.29) is 17.7 Å². The Morgan fingerprint density at radius 1 is 1.44 bits per heavy atom. The Morgan fingerprint density at radius 3 is 2.94 bits per heavy atom. The van der Waals surface area contributed by atoms with Crippen LogP contribution in [0.1, 0.15) is 29.8 Å². The van der Waals surface area contributed by atoms with E-state index in [9.17, 15) is 4.79 Å². The highest BCUT2D eigenvalue weighted by Crippen LogP contribution is 2.11. The van der Waals surface area contributed by atoms with E-state index in [0.717, 1.165) is 25.9 Å². The van der Waals surface area contributed by atoms with Crippen molar-refractivity contribution in [3.8, 4) is 0 Å². The van der Waals surface area contributed by atoms with E-state index in [1.165, 1.54) is 12.4 Å². The second-order valence-corrected chi connectivity index (χ2v) is 4.13. The zero-order chi connectivity index (χ0) is 12.8. The third kappa shape index (κ3) is 3.38. The maximum atomic E-state index is 11.8. The Balaban J connectivity index is 1.82. The van der Waals surface area contributed by atoms with Gasteiger partial charge in [0.05, 0.1) is 18.5 Å². The Labute approximate surface area is 105 Å². The van der Waals surface area contributed by atoms with E-state index < -0.39 is 0 Å². The van der Waals surface area contributed by atoms with Crippen molar-refractivity contribution in [2.75, 3.05) is 18.6 Å². The SMILES string of the molecule is NNc1cnc(C(=O)NCC2CCCCO2)cn1. The van der Waals surface area contributed by atoms with Gasteiger partial charge in [-0.25, -0.2) is 15.8 Å². The number of nitrogens with one attached hydrogen (secondary N) is 2. The van der Waals surface area contributed by atoms with Gasteiger partial charge in [-0.05, 0) is 19.3 Å². The van der Waals surface area contributed by atoms with Crippen LogP contribution in [0, 0.1) is 0 Å². The first-order chi connectivity index (χ1) is 8.79. The molecule has 1 amide bonds. The fourth-order valence-corrected chi connectivity index (χ4v) is 1.79. The summed E-state index contributed by atoms with van der Waals surface area (Å²) in [6.07, 6.45) is 6.14. The predicted molar refractivity (Wildman–Crippen MR) is 65.8 cm³/mol. The van der Waals surface area contributed by atoms with Crippen molar-refractivity contribution in [1.29, 1.82) is 0 Å². The van der Waals surface area contributed by atoms with Crippen molar-refractivity contribution < 1.29 is 9.53 Å². The first-order valence-electron chi connectivity index (χ1n) is 5.98. The lowest BCUT2D eigenvalue weighted by molar-refractivity contribution is 0.0168. The minimum absolute atomic E-state index is 0.112. The number of carbonyl (C=O) groups is 1. The molecule has 2 rings (SSSR count).